The molecule has 2 aromatic rings. The largest absolute Gasteiger partial charge is 0.496 e. The highest BCUT2D eigenvalue weighted by Gasteiger charge is 2.39. The van der Waals surface area contributed by atoms with Crippen LogP contribution in [0.5, 0.6) is 11.5 Å². The Balaban J connectivity index is 1.66. The molecular weight excluding hydrogens is 318 g/mol. The third kappa shape index (κ3) is 3.77. The number of carbonyl (C=O) groups excluding carboxylic acids is 1. The van der Waals surface area contributed by atoms with Gasteiger partial charge in [-0.25, -0.2) is 0 Å². The number of nitrogens with zero attached hydrogens (tertiary/aromatic N) is 1. The van der Waals surface area contributed by atoms with Gasteiger partial charge in [-0.2, -0.15) is 0 Å². The first-order valence-electron chi connectivity index (χ1n) is 8.35. The molecule has 5 heteroatoms. The third-order valence-corrected chi connectivity index (χ3v) is 4.55. The predicted molar refractivity (Wildman–Crippen MR) is 95.1 cm³/mol. The first kappa shape index (κ1) is 17.3. The van der Waals surface area contributed by atoms with E-state index in [9.17, 15) is 9.90 Å². The number of para-hydroxylation sites is 2. The van der Waals surface area contributed by atoms with Gasteiger partial charge >= 0.3 is 0 Å². The van der Waals surface area contributed by atoms with Crippen LogP contribution in [0.15, 0.2) is 48.5 Å². The number of aryl methyl sites for hydroxylation is 1. The second kappa shape index (κ2) is 7.15. The molecule has 0 spiro atoms. The number of β-amino-alcohol motifs (C(OH)–C–C–N with tert-alkyl or cyclic N) is 1. The summed E-state index contributed by atoms with van der Waals surface area (Å²) in [5.41, 5.74) is 0.486. The molecule has 132 valence electrons. The zero-order chi connectivity index (χ0) is 17.9. The van der Waals surface area contributed by atoms with Crippen LogP contribution in [0, 0.1) is 6.92 Å². The molecule has 1 unspecified atom stereocenters. The number of amides is 1. The molecule has 1 heterocycles. The Bertz CT molecular complexity index is 761. The monoisotopic (exact) mass is 341 g/mol. The summed E-state index contributed by atoms with van der Waals surface area (Å²) in [4.78, 5) is 14.4. The molecule has 3 rings (SSSR count). The average molecular weight is 341 g/mol. The molecule has 0 aliphatic carbocycles. The maximum absolute atomic E-state index is 12.7. The SMILES string of the molecule is COc1ccccc1C(=O)N1CCC(O)(COc2ccccc2C)C1. The fourth-order valence-corrected chi connectivity index (χ4v) is 3.07. The average Bonchev–Trinajstić information content (AvgIpc) is 3.03. The Labute approximate surface area is 147 Å². The Morgan fingerprint density at radius 1 is 1.16 bits per heavy atom. The van der Waals surface area contributed by atoms with Crippen LogP contribution < -0.4 is 9.47 Å². The first-order chi connectivity index (χ1) is 12.0. The minimum Gasteiger partial charge on any atom is -0.496 e. The van der Waals surface area contributed by atoms with Gasteiger partial charge in [0.15, 0.2) is 0 Å². The molecule has 1 saturated heterocycles. The number of ether oxygens (including phenoxy) is 2. The van der Waals surface area contributed by atoms with E-state index in [0.717, 1.165) is 11.3 Å². The van der Waals surface area contributed by atoms with E-state index in [4.69, 9.17) is 9.47 Å². The van der Waals surface area contributed by atoms with E-state index in [1.54, 1.807) is 30.2 Å². The van der Waals surface area contributed by atoms with E-state index in [1.165, 1.54) is 0 Å². The van der Waals surface area contributed by atoms with Gasteiger partial charge in [-0.3, -0.25) is 4.79 Å². The minimum atomic E-state index is -1.04. The molecule has 1 aliphatic rings. The highest BCUT2D eigenvalue weighted by atomic mass is 16.5. The summed E-state index contributed by atoms with van der Waals surface area (Å²) in [6.45, 7) is 2.86. The second-order valence-corrected chi connectivity index (χ2v) is 6.46. The number of methoxy groups -OCH3 is 1. The molecule has 0 radical (unpaired) electrons. The summed E-state index contributed by atoms with van der Waals surface area (Å²) in [6, 6.07) is 14.8. The van der Waals surface area contributed by atoms with Crippen molar-refractivity contribution in [3.63, 3.8) is 0 Å². The van der Waals surface area contributed by atoms with Gasteiger partial charge < -0.3 is 19.5 Å². The van der Waals surface area contributed by atoms with Crippen molar-refractivity contribution in [2.45, 2.75) is 18.9 Å². The van der Waals surface area contributed by atoms with Gasteiger partial charge in [0.25, 0.3) is 5.91 Å². The lowest BCUT2D eigenvalue weighted by molar-refractivity contribution is 0.00410. The summed E-state index contributed by atoms with van der Waals surface area (Å²) in [5, 5.41) is 10.8. The molecule has 0 aromatic heterocycles. The van der Waals surface area contributed by atoms with E-state index in [2.05, 4.69) is 0 Å². The molecule has 1 aliphatic heterocycles. The van der Waals surface area contributed by atoms with Crippen molar-refractivity contribution in [1.82, 2.24) is 4.90 Å². The smallest absolute Gasteiger partial charge is 0.257 e. The van der Waals surface area contributed by atoms with Crippen molar-refractivity contribution >= 4 is 5.91 Å². The van der Waals surface area contributed by atoms with Gasteiger partial charge in [0.1, 0.15) is 23.7 Å². The standard InChI is InChI=1S/C20H23NO4/c1-15-7-3-5-9-17(15)25-14-20(23)11-12-21(13-20)19(22)16-8-4-6-10-18(16)24-2/h3-10,23H,11-14H2,1-2H3. The van der Waals surface area contributed by atoms with Gasteiger partial charge in [-0.15, -0.1) is 0 Å². The lowest BCUT2D eigenvalue weighted by Crippen LogP contribution is -2.40. The van der Waals surface area contributed by atoms with Crippen LogP contribution in [0.25, 0.3) is 0 Å². The van der Waals surface area contributed by atoms with Crippen molar-refractivity contribution in [1.29, 1.82) is 0 Å². The summed E-state index contributed by atoms with van der Waals surface area (Å²) in [7, 11) is 1.54. The molecule has 5 nitrogen and oxygen atoms in total. The zero-order valence-corrected chi connectivity index (χ0v) is 14.6. The Morgan fingerprint density at radius 3 is 2.56 bits per heavy atom. The number of likely N-dealkylation sites (tertiary alicyclic amines) is 1. The van der Waals surface area contributed by atoms with Crippen molar-refractivity contribution in [2.24, 2.45) is 0 Å². The highest BCUT2D eigenvalue weighted by Crippen LogP contribution is 2.27. The molecule has 1 atom stereocenters. The molecule has 0 bridgehead atoms. The van der Waals surface area contributed by atoms with Crippen LogP contribution in [-0.4, -0.2) is 48.3 Å². The zero-order valence-electron chi connectivity index (χ0n) is 14.6. The van der Waals surface area contributed by atoms with Gasteiger partial charge in [-0.05, 0) is 37.1 Å². The van der Waals surface area contributed by atoms with E-state index >= 15 is 0 Å². The summed E-state index contributed by atoms with van der Waals surface area (Å²) in [6.07, 6.45) is 0.486. The second-order valence-electron chi connectivity index (χ2n) is 6.46. The topological polar surface area (TPSA) is 59.0 Å². The lowest BCUT2D eigenvalue weighted by atomic mass is 10.1. The van der Waals surface area contributed by atoms with E-state index < -0.39 is 5.60 Å². The van der Waals surface area contributed by atoms with E-state index in [0.29, 0.717) is 24.3 Å². The molecule has 0 saturated carbocycles. The number of benzene rings is 2. The Hall–Kier alpha value is -2.53. The van der Waals surface area contributed by atoms with Crippen molar-refractivity contribution in [3.05, 3.63) is 59.7 Å². The van der Waals surface area contributed by atoms with Gasteiger partial charge in [0.2, 0.25) is 0 Å². The predicted octanol–water partition coefficient (Wildman–Crippen LogP) is 2.66. The van der Waals surface area contributed by atoms with Crippen molar-refractivity contribution in [3.8, 4) is 11.5 Å². The fourth-order valence-electron chi connectivity index (χ4n) is 3.07. The highest BCUT2D eigenvalue weighted by molar-refractivity contribution is 5.97. The maximum atomic E-state index is 12.7. The third-order valence-electron chi connectivity index (χ3n) is 4.55. The number of rotatable bonds is 5. The van der Waals surface area contributed by atoms with Gasteiger partial charge in [0, 0.05) is 6.54 Å². The first-order valence-corrected chi connectivity index (χ1v) is 8.35. The van der Waals surface area contributed by atoms with E-state index in [1.807, 2.05) is 37.3 Å². The van der Waals surface area contributed by atoms with Crippen LogP contribution in [-0.2, 0) is 0 Å². The number of hydrogen-bond acceptors (Lipinski definition) is 4. The molecule has 25 heavy (non-hydrogen) atoms. The molecule has 2 aromatic carbocycles. The minimum absolute atomic E-state index is 0.135. The van der Waals surface area contributed by atoms with Crippen molar-refractivity contribution in [2.75, 3.05) is 26.8 Å². The maximum Gasteiger partial charge on any atom is 0.257 e. The summed E-state index contributed by atoms with van der Waals surface area (Å²) < 4.78 is 11.1. The molecule has 1 amide bonds. The molecule has 1 fully saturated rings. The van der Waals surface area contributed by atoms with Crippen LogP contribution in [0.4, 0.5) is 0 Å². The number of aliphatic hydroxyl groups is 1. The Kier molecular flexibility index (Phi) is 4.95. The van der Waals surface area contributed by atoms with E-state index in [-0.39, 0.29) is 19.1 Å². The van der Waals surface area contributed by atoms with Gasteiger partial charge in [-0.1, -0.05) is 30.3 Å². The Morgan fingerprint density at radius 2 is 1.84 bits per heavy atom. The van der Waals surface area contributed by atoms with Crippen LogP contribution in [0.1, 0.15) is 22.3 Å². The van der Waals surface area contributed by atoms with Crippen LogP contribution >= 0.6 is 0 Å². The van der Waals surface area contributed by atoms with Crippen LogP contribution in [0.3, 0.4) is 0 Å². The van der Waals surface area contributed by atoms with Crippen LogP contribution in [0.2, 0.25) is 0 Å². The normalized spacial score (nSPS) is 19.7. The summed E-state index contributed by atoms with van der Waals surface area (Å²) >= 11 is 0. The number of hydrogen-bond donors (Lipinski definition) is 1. The number of carbonyl (C=O) groups is 1. The quantitative estimate of drug-likeness (QED) is 0.908. The van der Waals surface area contributed by atoms with Crippen molar-refractivity contribution < 1.29 is 19.4 Å². The summed E-state index contributed by atoms with van der Waals surface area (Å²) in [5.74, 6) is 1.16. The lowest BCUT2D eigenvalue weighted by Gasteiger charge is -2.24. The molecular formula is C20H23NO4. The van der Waals surface area contributed by atoms with Gasteiger partial charge in [0.05, 0.1) is 19.2 Å². The fraction of sp³-hybridized carbons (Fsp3) is 0.350. The molecule has 1 N–H and O–H groups in total.